The lowest BCUT2D eigenvalue weighted by Gasteiger charge is -2.30. The number of methoxy groups -OCH3 is 1. The summed E-state index contributed by atoms with van der Waals surface area (Å²) in [5, 5.41) is 4.06. The number of benzene rings is 1. The molecule has 0 radical (unpaired) electrons. The van der Waals surface area contributed by atoms with Crippen LogP contribution in [0.1, 0.15) is 71.2 Å². The molecule has 3 heterocycles. The molecule has 174 valence electrons. The fraction of sp³-hybridized carbons (Fsp3) is 0.455. The molecule has 1 aliphatic carbocycles. The lowest BCUT2D eigenvalue weighted by molar-refractivity contribution is 0.0596. The van der Waals surface area contributed by atoms with Crippen LogP contribution >= 0.6 is 0 Å². The Kier molecular flexibility index (Phi) is 5.75. The molecular weight excluding hydrogens is 448 g/mol. The lowest BCUT2D eigenvalue weighted by atomic mass is 9.98. The molecule has 2 aliphatic rings. The van der Waals surface area contributed by atoms with E-state index in [0.29, 0.717) is 42.7 Å². The average Bonchev–Trinajstić information content (AvgIpc) is 3.41. The van der Waals surface area contributed by atoms with Gasteiger partial charge in [-0.3, -0.25) is 0 Å². The van der Waals surface area contributed by atoms with Crippen LogP contribution in [0.25, 0.3) is 0 Å². The molecule has 1 aromatic carbocycles. The first-order valence-electron chi connectivity index (χ1n) is 10.9. The van der Waals surface area contributed by atoms with Gasteiger partial charge in [-0.25, -0.2) is 18.2 Å². The van der Waals surface area contributed by atoms with E-state index in [1.807, 2.05) is 0 Å². The van der Waals surface area contributed by atoms with Crippen LogP contribution in [-0.2, 0) is 21.2 Å². The third-order valence-corrected chi connectivity index (χ3v) is 7.98. The number of sulfonamides is 1. The zero-order chi connectivity index (χ0) is 23.0. The number of aromatic nitrogens is 3. The second kappa shape index (κ2) is 8.71. The molecule has 0 N–H and O–H groups in total. The molecular formula is C22H24N4O6S. The first kappa shape index (κ1) is 21.8. The standard InChI is InChI=1S/C22H24N4O6S/c1-30-22(27)17-4-2-3-5-18(17)33(28,29)26-10-8-15(9-11-26)21-24-19(25-32-21)12-16-13-23-20(31-16)14-6-7-14/h2-5,13-15H,6-12H2,1H3. The summed E-state index contributed by atoms with van der Waals surface area (Å²) in [7, 11) is -2.62. The van der Waals surface area contributed by atoms with Gasteiger partial charge in [-0.15, -0.1) is 0 Å². The summed E-state index contributed by atoms with van der Waals surface area (Å²) in [6, 6.07) is 6.08. The Balaban J connectivity index is 1.23. The van der Waals surface area contributed by atoms with Crippen LogP contribution < -0.4 is 0 Å². The van der Waals surface area contributed by atoms with E-state index in [9.17, 15) is 13.2 Å². The molecule has 2 aromatic heterocycles. The second-order valence-corrected chi connectivity index (χ2v) is 10.2. The molecule has 0 bridgehead atoms. The van der Waals surface area contributed by atoms with E-state index < -0.39 is 16.0 Å². The molecule has 0 spiro atoms. The van der Waals surface area contributed by atoms with Gasteiger partial charge in [-0.05, 0) is 37.8 Å². The molecule has 10 nitrogen and oxygen atoms in total. The summed E-state index contributed by atoms with van der Waals surface area (Å²) in [5.74, 6) is 2.22. The fourth-order valence-electron chi connectivity index (χ4n) is 4.04. The maximum Gasteiger partial charge on any atom is 0.339 e. The normalized spacial score (nSPS) is 17.8. The van der Waals surface area contributed by atoms with Crippen molar-refractivity contribution in [3.8, 4) is 0 Å². The number of rotatable bonds is 7. The van der Waals surface area contributed by atoms with Crippen molar-refractivity contribution >= 4 is 16.0 Å². The Morgan fingerprint density at radius 2 is 1.85 bits per heavy atom. The smallest absolute Gasteiger partial charge is 0.339 e. The van der Waals surface area contributed by atoms with Crippen LogP contribution in [0.15, 0.2) is 44.3 Å². The van der Waals surface area contributed by atoms with Gasteiger partial charge in [0.1, 0.15) is 5.76 Å². The molecule has 2 fully saturated rings. The number of ether oxygens (including phenoxy) is 1. The van der Waals surface area contributed by atoms with Gasteiger partial charge in [0.15, 0.2) is 11.7 Å². The third-order valence-electron chi connectivity index (χ3n) is 6.03. The molecule has 5 rings (SSSR count). The average molecular weight is 473 g/mol. The molecule has 1 saturated carbocycles. The first-order chi connectivity index (χ1) is 16.0. The Morgan fingerprint density at radius 3 is 2.58 bits per heavy atom. The second-order valence-electron chi connectivity index (χ2n) is 8.33. The maximum absolute atomic E-state index is 13.2. The molecule has 0 amide bonds. The Bertz CT molecular complexity index is 1260. The van der Waals surface area contributed by atoms with Crippen LogP contribution in [0.5, 0.6) is 0 Å². The topological polar surface area (TPSA) is 129 Å². The van der Waals surface area contributed by atoms with Crippen molar-refractivity contribution < 1.29 is 26.9 Å². The molecule has 11 heteroatoms. The molecule has 1 saturated heterocycles. The highest BCUT2D eigenvalue weighted by Gasteiger charge is 2.34. The van der Waals surface area contributed by atoms with Crippen molar-refractivity contribution in [2.45, 2.75) is 48.8 Å². The summed E-state index contributed by atoms with van der Waals surface area (Å²) < 4.78 is 43.7. The number of hydrogen-bond donors (Lipinski definition) is 0. The highest BCUT2D eigenvalue weighted by Crippen LogP contribution is 2.39. The number of carbonyl (C=O) groups excluding carboxylic acids is 1. The fourth-order valence-corrected chi connectivity index (χ4v) is 5.69. The largest absolute Gasteiger partial charge is 0.465 e. The number of oxazole rings is 1. The predicted molar refractivity (Wildman–Crippen MR) is 114 cm³/mol. The number of nitrogens with zero attached hydrogens (tertiary/aromatic N) is 4. The van der Waals surface area contributed by atoms with E-state index in [-0.39, 0.29) is 29.5 Å². The predicted octanol–water partition coefficient (Wildman–Crippen LogP) is 2.88. The number of esters is 1. The number of carbonyl (C=O) groups is 1. The van der Waals surface area contributed by atoms with Crippen molar-refractivity contribution in [2.75, 3.05) is 20.2 Å². The summed E-state index contributed by atoms with van der Waals surface area (Å²) in [5.41, 5.74) is 0.0286. The van der Waals surface area contributed by atoms with E-state index >= 15 is 0 Å². The summed E-state index contributed by atoms with van der Waals surface area (Å²) in [6.45, 7) is 0.570. The Morgan fingerprint density at radius 1 is 1.12 bits per heavy atom. The van der Waals surface area contributed by atoms with E-state index in [0.717, 1.165) is 18.7 Å². The van der Waals surface area contributed by atoms with Crippen molar-refractivity contribution in [2.24, 2.45) is 0 Å². The minimum Gasteiger partial charge on any atom is -0.465 e. The van der Waals surface area contributed by atoms with Gasteiger partial charge in [0.2, 0.25) is 15.9 Å². The molecule has 33 heavy (non-hydrogen) atoms. The van der Waals surface area contributed by atoms with E-state index in [1.165, 1.54) is 23.5 Å². The third kappa shape index (κ3) is 4.42. The summed E-state index contributed by atoms with van der Waals surface area (Å²) in [4.78, 5) is 20.8. The highest BCUT2D eigenvalue weighted by molar-refractivity contribution is 7.89. The summed E-state index contributed by atoms with van der Waals surface area (Å²) >= 11 is 0. The van der Waals surface area contributed by atoms with Gasteiger partial charge < -0.3 is 13.7 Å². The monoisotopic (exact) mass is 472 g/mol. The van der Waals surface area contributed by atoms with Gasteiger partial charge in [-0.1, -0.05) is 17.3 Å². The van der Waals surface area contributed by atoms with Crippen molar-refractivity contribution in [1.82, 2.24) is 19.4 Å². The Labute approximate surface area is 191 Å². The van der Waals surface area contributed by atoms with Crippen molar-refractivity contribution in [1.29, 1.82) is 0 Å². The lowest BCUT2D eigenvalue weighted by Crippen LogP contribution is -2.38. The summed E-state index contributed by atoms with van der Waals surface area (Å²) in [6.07, 6.45) is 5.43. The highest BCUT2D eigenvalue weighted by atomic mass is 32.2. The van der Waals surface area contributed by atoms with Crippen LogP contribution in [0.4, 0.5) is 0 Å². The minimum absolute atomic E-state index is 0.0286. The molecule has 1 aliphatic heterocycles. The molecule has 3 aromatic rings. The van der Waals surface area contributed by atoms with Gasteiger partial charge in [0, 0.05) is 24.9 Å². The van der Waals surface area contributed by atoms with Gasteiger partial charge in [0.25, 0.3) is 0 Å². The quantitative estimate of drug-likeness (QED) is 0.477. The molecule has 0 atom stereocenters. The first-order valence-corrected chi connectivity index (χ1v) is 12.3. The van der Waals surface area contributed by atoms with Gasteiger partial charge >= 0.3 is 5.97 Å². The van der Waals surface area contributed by atoms with E-state index in [1.54, 1.807) is 18.3 Å². The number of hydrogen-bond acceptors (Lipinski definition) is 9. The van der Waals surface area contributed by atoms with Crippen molar-refractivity contribution in [3.05, 3.63) is 59.4 Å². The van der Waals surface area contributed by atoms with Crippen LogP contribution in [0.2, 0.25) is 0 Å². The van der Waals surface area contributed by atoms with Crippen LogP contribution in [0.3, 0.4) is 0 Å². The van der Waals surface area contributed by atoms with Crippen molar-refractivity contribution in [3.63, 3.8) is 0 Å². The van der Waals surface area contributed by atoms with Gasteiger partial charge in [0.05, 0.1) is 30.2 Å². The van der Waals surface area contributed by atoms with E-state index in [2.05, 4.69) is 15.1 Å². The minimum atomic E-state index is -3.84. The maximum atomic E-state index is 13.2. The van der Waals surface area contributed by atoms with Crippen LogP contribution in [0, 0.1) is 0 Å². The van der Waals surface area contributed by atoms with E-state index in [4.69, 9.17) is 13.7 Å². The number of piperidine rings is 1. The SMILES string of the molecule is COC(=O)c1ccccc1S(=O)(=O)N1CCC(c2nc(Cc3cnc(C4CC4)o3)no2)CC1. The zero-order valence-corrected chi connectivity index (χ0v) is 19.0. The molecule has 0 unspecified atom stereocenters. The Hall–Kier alpha value is -3.05. The van der Waals surface area contributed by atoms with Gasteiger partial charge in [-0.2, -0.15) is 9.29 Å². The zero-order valence-electron chi connectivity index (χ0n) is 18.1. The van der Waals surface area contributed by atoms with Crippen LogP contribution in [-0.4, -0.2) is 54.0 Å².